The number of hydrogen-bond donors (Lipinski definition) is 0. The van der Waals surface area contributed by atoms with Crippen LogP contribution in [0.4, 0.5) is 0 Å². The van der Waals surface area contributed by atoms with Crippen LogP contribution in [0.15, 0.2) is 0 Å². The van der Waals surface area contributed by atoms with Crippen LogP contribution in [0.25, 0.3) is 0 Å². The Bertz CT molecular complexity index is 85.3. The molecule has 0 bridgehead atoms. The van der Waals surface area contributed by atoms with Gasteiger partial charge in [0.1, 0.15) is 0 Å². The van der Waals surface area contributed by atoms with Crippen LogP contribution in [0.3, 0.4) is 0 Å². The molecule has 59 valence electrons. The average Bonchev–Trinajstić information content (AvgIpc) is 2.34. The smallest absolute Gasteiger partial charge is 0.0109 e. The van der Waals surface area contributed by atoms with Gasteiger partial charge in [-0.3, -0.25) is 0 Å². The Morgan fingerprint density at radius 3 is 2.50 bits per heavy atom. The lowest BCUT2D eigenvalue weighted by atomic mass is 10.4. The summed E-state index contributed by atoms with van der Waals surface area (Å²) in [5.74, 6) is 0. The van der Waals surface area contributed by atoms with E-state index in [1.807, 2.05) is 11.9 Å². The second-order valence-electron chi connectivity index (χ2n) is 3.13. The molecule has 1 aliphatic heterocycles. The summed E-state index contributed by atoms with van der Waals surface area (Å²) in [6, 6.07) is 0. The minimum absolute atomic E-state index is 1.10. The van der Waals surface area contributed by atoms with E-state index in [-0.39, 0.29) is 0 Å². The van der Waals surface area contributed by atoms with Gasteiger partial charge < -0.3 is 9.80 Å². The lowest BCUT2D eigenvalue weighted by Gasteiger charge is -2.17. The van der Waals surface area contributed by atoms with E-state index in [2.05, 4.69) is 11.9 Å². The summed E-state index contributed by atoms with van der Waals surface area (Å²) in [7, 11) is 5.83. The minimum Gasteiger partial charge on any atom is -0.304 e. The fourth-order valence-electron chi connectivity index (χ4n) is 1.32. The van der Waals surface area contributed by atoms with Crippen molar-refractivity contribution in [2.75, 3.05) is 33.2 Å². The zero-order valence-corrected chi connectivity index (χ0v) is 6.84. The van der Waals surface area contributed by atoms with Gasteiger partial charge in [-0.2, -0.15) is 0 Å². The second-order valence-corrected chi connectivity index (χ2v) is 3.13. The predicted molar refractivity (Wildman–Crippen MR) is 43.7 cm³/mol. The molecular formula is C8H17N2. The summed E-state index contributed by atoms with van der Waals surface area (Å²) >= 11 is 0. The van der Waals surface area contributed by atoms with Crippen LogP contribution in [0.1, 0.15) is 12.8 Å². The monoisotopic (exact) mass is 141 g/mol. The fraction of sp³-hybridized carbons (Fsp3) is 0.875. The van der Waals surface area contributed by atoms with Crippen molar-refractivity contribution in [3.05, 3.63) is 7.05 Å². The van der Waals surface area contributed by atoms with Crippen LogP contribution in [0.2, 0.25) is 0 Å². The molecular weight excluding hydrogens is 124 g/mol. The summed E-state index contributed by atoms with van der Waals surface area (Å²) in [4.78, 5) is 4.50. The molecule has 1 heterocycles. The van der Waals surface area contributed by atoms with Gasteiger partial charge in [-0.25, -0.2) is 0 Å². The highest BCUT2D eigenvalue weighted by atomic mass is 15.2. The third kappa shape index (κ3) is 2.67. The number of rotatable bonds is 3. The molecule has 0 atom stereocenters. The molecule has 0 aromatic carbocycles. The van der Waals surface area contributed by atoms with Gasteiger partial charge >= 0.3 is 0 Å². The Labute approximate surface area is 63.8 Å². The maximum atomic E-state index is 3.81. The van der Waals surface area contributed by atoms with Gasteiger partial charge in [0.25, 0.3) is 0 Å². The number of likely N-dealkylation sites (N-methyl/N-ethyl adjacent to an activating group) is 1. The molecule has 1 aliphatic rings. The van der Waals surface area contributed by atoms with E-state index in [1.165, 1.54) is 32.5 Å². The molecule has 0 unspecified atom stereocenters. The second kappa shape index (κ2) is 3.94. The quantitative estimate of drug-likeness (QED) is 0.574. The van der Waals surface area contributed by atoms with Crippen LogP contribution >= 0.6 is 0 Å². The third-order valence-corrected chi connectivity index (χ3v) is 2.00. The first kappa shape index (κ1) is 8.02. The average molecular weight is 141 g/mol. The standard InChI is InChI=1S/C8H17N2/c1-9(2)7-8-10-5-3-4-6-10/h1,3-8H2,2H3. The van der Waals surface area contributed by atoms with E-state index in [0.29, 0.717) is 0 Å². The molecule has 2 heteroatoms. The van der Waals surface area contributed by atoms with Crippen molar-refractivity contribution < 1.29 is 0 Å². The first-order valence-electron chi connectivity index (χ1n) is 4.03. The van der Waals surface area contributed by atoms with E-state index in [1.54, 1.807) is 0 Å². The molecule has 0 aliphatic carbocycles. The topological polar surface area (TPSA) is 6.48 Å². The Morgan fingerprint density at radius 1 is 1.40 bits per heavy atom. The van der Waals surface area contributed by atoms with Crippen molar-refractivity contribution in [3.8, 4) is 0 Å². The predicted octanol–water partition coefficient (Wildman–Crippen LogP) is 0.806. The van der Waals surface area contributed by atoms with Gasteiger partial charge in [0.05, 0.1) is 0 Å². The first-order valence-corrected chi connectivity index (χ1v) is 4.03. The Balaban J connectivity index is 2.01. The summed E-state index contributed by atoms with van der Waals surface area (Å²) < 4.78 is 0. The van der Waals surface area contributed by atoms with Crippen molar-refractivity contribution in [3.63, 3.8) is 0 Å². The van der Waals surface area contributed by atoms with Gasteiger partial charge in [0, 0.05) is 20.1 Å². The highest BCUT2D eigenvalue weighted by Gasteiger charge is 2.10. The molecule has 1 fully saturated rings. The van der Waals surface area contributed by atoms with E-state index in [4.69, 9.17) is 0 Å². The van der Waals surface area contributed by atoms with Crippen LogP contribution in [0.5, 0.6) is 0 Å². The zero-order valence-electron chi connectivity index (χ0n) is 6.84. The largest absolute Gasteiger partial charge is 0.304 e. The number of likely N-dealkylation sites (tertiary alicyclic amines) is 1. The zero-order chi connectivity index (χ0) is 7.40. The summed E-state index contributed by atoms with van der Waals surface area (Å²) in [5, 5.41) is 0. The number of nitrogens with zero attached hydrogens (tertiary/aromatic N) is 2. The summed E-state index contributed by atoms with van der Waals surface area (Å²) in [6.45, 7) is 4.89. The lowest BCUT2D eigenvalue weighted by molar-refractivity contribution is 0.295. The minimum atomic E-state index is 1.10. The van der Waals surface area contributed by atoms with Gasteiger partial charge in [-0.15, -0.1) is 0 Å². The highest BCUT2D eigenvalue weighted by Crippen LogP contribution is 2.05. The normalized spacial score (nSPS) is 20.7. The Hall–Kier alpha value is -0.0800. The van der Waals surface area contributed by atoms with E-state index in [0.717, 1.165) is 6.54 Å². The van der Waals surface area contributed by atoms with E-state index < -0.39 is 0 Å². The summed E-state index contributed by atoms with van der Waals surface area (Å²) in [6.07, 6.45) is 2.78. The molecule has 0 aromatic rings. The maximum Gasteiger partial charge on any atom is 0.0109 e. The lowest BCUT2D eigenvalue weighted by Crippen LogP contribution is -2.28. The summed E-state index contributed by atoms with van der Waals surface area (Å²) in [5.41, 5.74) is 0. The van der Waals surface area contributed by atoms with Crippen molar-refractivity contribution in [2.24, 2.45) is 0 Å². The van der Waals surface area contributed by atoms with Gasteiger partial charge in [-0.05, 0) is 33.0 Å². The van der Waals surface area contributed by atoms with Crippen LogP contribution in [0, 0.1) is 7.05 Å². The van der Waals surface area contributed by atoms with E-state index in [9.17, 15) is 0 Å². The maximum absolute atomic E-state index is 3.81. The van der Waals surface area contributed by atoms with Gasteiger partial charge in [0.2, 0.25) is 0 Å². The highest BCUT2D eigenvalue weighted by molar-refractivity contribution is 4.66. The van der Waals surface area contributed by atoms with Crippen molar-refractivity contribution in [2.45, 2.75) is 12.8 Å². The van der Waals surface area contributed by atoms with Gasteiger partial charge in [0.15, 0.2) is 0 Å². The van der Waals surface area contributed by atoms with Gasteiger partial charge in [-0.1, -0.05) is 0 Å². The molecule has 0 aromatic heterocycles. The Morgan fingerprint density at radius 2 is 2.00 bits per heavy atom. The van der Waals surface area contributed by atoms with Crippen molar-refractivity contribution >= 4 is 0 Å². The van der Waals surface area contributed by atoms with Crippen LogP contribution < -0.4 is 0 Å². The molecule has 0 amide bonds. The SMILES string of the molecule is [CH2]N(C)CCN1CCCC1. The molecule has 10 heavy (non-hydrogen) atoms. The molecule has 0 spiro atoms. The molecule has 1 radical (unpaired) electrons. The molecule has 0 saturated carbocycles. The molecule has 1 rings (SSSR count). The van der Waals surface area contributed by atoms with Crippen LogP contribution in [-0.2, 0) is 0 Å². The van der Waals surface area contributed by atoms with Crippen molar-refractivity contribution in [1.82, 2.24) is 9.80 Å². The molecule has 2 nitrogen and oxygen atoms in total. The first-order chi connectivity index (χ1) is 4.79. The fourth-order valence-corrected chi connectivity index (χ4v) is 1.32. The third-order valence-electron chi connectivity index (χ3n) is 2.00. The Kier molecular flexibility index (Phi) is 3.16. The van der Waals surface area contributed by atoms with E-state index >= 15 is 0 Å². The van der Waals surface area contributed by atoms with Crippen molar-refractivity contribution in [1.29, 1.82) is 0 Å². The van der Waals surface area contributed by atoms with Crippen LogP contribution in [-0.4, -0.2) is 43.0 Å². The number of hydrogen-bond acceptors (Lipinski definition) is 2. The molecule has 1 saturated heterocycles. The molecule has 0 N–H and O–H groups in total.